The van der Waals surface area contributed by atoms with Crippen LogP contribution in [0.2, 0.25) is 0 Å². The largest absolute Gasteiger partial charge is 0.478 e. The maximum atomic E-state index is 12.7. The monoisotopic (exact) mass is 484 g/mol. The molecule has 3 unspecified atom stereocenters. The molecule has 0 aliphatic carbocycles. The second kappa shape index (κ2) is 11.3. The van der Waals surface area contributed by atoms with Crippen LogP contribution < -0.4 is 31.5 Å². The van der Waals surface area contributed by atoms with Crippen LogP contribution in [0, 0.1) is 0 Å². The van der Waals surface area contributed by atoms with Gasteiger partial charge in [-0.15, -0.1) is 0 Å². The molecule has 0 saturated carbocycles. The first-order valence-corrected chi connectivity index (χ1v) is 12.4. The van der Waals surface area contributed by atoms with Gasteiger partial charge in [0, 0.05) is 19.5 Å². The summed E-state index contributed by atoms with van der Waals surface area (Å²) < 4.78 is 27.2. The number of unbranched alkanes of at least 4 members (excludes halogenated alkanes) is 1. The van der Waals surface area contributed by atoms with E-state index in [0.717, 1.165) is 45.8 Å². The standard InChI is InChI=1S/C20H32N6O6S/c1-20(18(28)29,26-33(30,31)15-8-3-2-4-9-15)24-17(27)16-13-14(32-25-16)7-5-6-10-21-19-22-11-12-23-19/h2-4,8-9,14,16,19,21-23,25-26H,5-7,10-13H2,1H3,(H,24,27)(H,28,29). The van der Waals surface area contributed by atoms with Crippen LogP contribution in [0.4, 0.5) is 0 Å². The molecule has 1 amide bonds. The fraction of sp³-hybridized carbons (Fsp3) is 0.600. The lowest BCUT2D eigenvalue weighted by Gasteiger charge is -2.28. The summed E-state index contributed by atoms with van der Waals surface area (Å²) in [5.41, 5.74) is 0.394. The minimum Gasteiger partial charge on any atom is -0.478 e. The fourth-order valence-corrected chi connectivity index (χ4v) is 4.96. The molecule has 7 N–H and O–H groups in total. The molecule has 2 fully saturated rings. The highest BCUT2D eigenvalue weighted by Crippen LogP contribution is 2.18. The van der Waals surface area contributed by atoms with Crippen molar-refractivity contribution in [1.29, 1.82) is 0 Å². The van der Waals surface area contributed by atoms with Crippen molar-refractivity contribution < 1.29 is 28.0 Å². The van der Waals surface area contributed by atoms with Crippen LogP contribution >= 0.6 is 0 Å². The summed E-state index contributed by atoms with van der Waals surface area (Å²) in [7, 11) is -4.18. The van der Waals surface area contributed by atoms with Crippen molar-refractivity contribution in [1.82, 2.24) is 31.5 Å². The smallest absolute Gasteiger partial charge is 0.345 e. The van der Waals surface area contributed by atoms with Gasteiger partial charge in [-0.2, -0.15) is 10.2 Å². The van der Waals surface area contributed by atoms with Crippen LogP contribution in [0.25, 0.3) is 0 Å². The molecule has 33 heavy (non-hydrogen) atoms. The lowest BCUT2D eigenvalue weighted by molar-refractivity contribution is -0.148. The average molecular weight is 485 g/mol. The number of amides is 1. The van der Waals surface area contributed by atoms with Gasteiger partial charge in [0.2, 0.25) is 21.6 Å². The summed E-state index contributed by atoms with van der Waals surface area (Å²) in [6.07, 6.45) is 2.87. The Morgan fingerprint density at radius 1 is 1.18 bits per heavy atom. The van der Waals surface area contributed by atoms with E-state index in [1.54, 1.807) is 6.07 Å². The number of carbonyl (C=O) groups excluding carboxylic acids is 1. The number of carboxylic acid groups (broad SMARTS) is 1. The number of sulfonamides is 1. The summed E-state index contributed by atoms with van der Waals surface area (Å²) in [6, 6.07) is 6.55. The Hall–Kier alpha value is -2.13. The quantitative estimate of drug-likeness (QED) is 0.141. The highest BCUT2D eigenvalue weighted by molar-refractivity contribution is 7.89. The van der Waals surface area contributed by atoms with Gasteiger partial charge in [-0.3, -0.25) is 25.6 Å². The van der Waals surface area contributed by atoms with E-state index in [2.05, 4.69) is 31.5 Å². The average Bonchev–Trinajstić information content (AvgIpc) is 3.46. The first-order chi connectivity index (χ1) is 15.7. The highest BCUT2D eigenvalue weighted by atomic mass is 32.2. The van der Waals surface area contributed by atoms with Gasteiger partial charge in [-0.1, -0.05) is 18.2 Å². The van der Waals surface area contributed by atoms with E-state index >= 15 is 0 Å². The second-order valence-electron chi connectivity index (χ2n) is 8.28. The number of nitrogens with one attached hydrogen (secondary N) is 6. The first-order valence-electron chi connectivity index (χ1n) is 11.0. The van der Waals surface area contributed by atoms with E-state index in [0.29, 0.717) is 6.42 Å². The Morgan fingerprint density at radius 2 is 1.88 bits per heavy atom. The van der Waals surface area contributed by atoms with E-state index in [4.69, 9.17) is 4.84 Å². The maximum absolute atomic E-state index is 12.7. The molecule has 12 nitrogen and oxygen atoms in total. The molecular formula is C20H32N6O6S. The minimum atomic E-state index is -4.18. The second-order valence-corrected chi connectivity index (χ2v) is 9.96. The van der Waals surface area contributed by atoms with Crippen LogP contribution in [-0.2, 0) is 24.4 Å². The molecule has 0 bridgehead atoms. The summed E-state index contributed by atoms with van der Waals surface area (Å²) in [5.74, 6) is -2.21. The van der Waals surface area contributed by atoms with Crippen molar-refractivity contribution >= 4 is 21.9 Å². The molecule has 3 atom stereocenters. The predicted molar refractivity (Wildman–Crippen MR) is 119 cm³/mol. The Kier molecular flexibility index (Phi) is 8.75. The first kappa shape index (κ1) is 25.5. The van der Waals surface area contributed by atoms with Gasteiger partial charge in [-0.25, -0.2) is 13.2 Å². The van der Waals surface area contributed by atoms with Crippen LogP contribution in [0.3, 0.4) is 0 Å². The Balaban J connectivity index is 1.46. The Morgan fingerprint density at radius 3 is 2.55 bits per heavy atom. The number of benzene rings is 1. The summed E-state index contributed by atoms with van der Waals surface area (Å²) in [5, 5.41) is 21.8. The SMILES string of the molecule is CC(NC(=O)C1CC(CCCCNC2NCCN2)ON1)(NS(=O)(=O)c1ccccc1)C(=O)O. The molecular weight excluding hydrogens is 452 g/mol. The van der Waals surface area contributed by atoms with E-state index in [-0.39, 0.29) is 17.3 Å². The number of aliphatic carboxylic acids is 1. The zero-order chi connectivity index (χ0) is 23.9. The minimum absolute atomic E-state index is 0.108. The third-order valence-electron chi connectivity index (χ3n) is 5.51. The normalized spacial score (nSPS) is 23.3. The van der Waals surface area contributed by atoms with Crippen molar-refractivity contribution in [2.45, 2.75) is 61.6 Å². The molecule has 2 aliphatic heterocycles. The molecule has 1 aromatic rings. The van der Waals surface area contributed by atoms with Crippen molar-refractivity contribution in [3.05, 3.63) is 30.3 Å². The molecule has 0 radical (unpaired) electrons. The van der Waals surface area contributed by atoms with Crippen LogP contribution in [0.5, 0.6) is 0 Å². The van der Waals surface area contributed by atoms with Crippen molar-refractivity contribution in [3.8, 4) is 0 Å². The Bertz CT molecular complexity index is 911. The maximum Gasteiger partial charge on any atom is 0.345 e. The lowest BCUT2D eigenvalue weighted by Crippen LogP contribution is -2.65. The number of hydroxylamine groups is 1. The number of hydrogen-bond acceptors (Lipinski definition) is 9. The fourth-order valence-electron chi connectivity index (χ4n) is 3.65. The molecule has 2 saturated heterocycles. The van der Waals surface area contributed by atoms with E-state index in [1.807, 2.05) is 0 Å². The van der Waals surface area contributed by atoms with Gasteiger partial charge >= 0.3 is 5.97 Å². The van der Waals surface area contributed by atoms with Crippen LogP contribution in [0.15, 0.2) is 35.2 Å². The molecule has 1 aromatic carbocycles. The molecule has 184 valence electrons. The zero-order valence-electron chi connectivity index (χ0n) is 18.5. The third-order valence-corrected chi connectivity index (χ3v) is 7.08. The zero-order valence-corrected chi connectivity index (χ0v) is 19.3. The van der Waals surface area contributed by atoms with Crippen molar-refractivity contribution in [3.63, 3.8) is 0 Å². The Labute approximate surface area is 193 Å². The molecule has 2 aliphatic rings. The van der Waals surface area contributed by atoms with Gasteiger partial charge < -0.3 is 10.4 Å². The topological polar surface area (TPSA) is 170 Å². The number of rotatable bonds is 12. The molecule has 0 aromatic heterocycles. The number of hydrogen-bond donors (Lipinski definition) is 7. The van der Waals surface area contributed by atoms with Gasteiger partial charge in [0.1, 0.15) is 12.3 Å². The molecule has 3 rings (SSSR count). The predicted octanol–water partition coefficient (Wildman–Crippen LogP) is -1.22. The highest BCUT2D eigenvalue weighted by Gasteiger charge is 2.42. The third kappa shape index (κ3) is 7.17. The van der Waals surface area contributed by atoms with Crippen molar-refractivity contribution in [2.24, 2.45) is 0 Å². The van der Waals surface area contributed by atoms with Gasteiger partial charge in [0.15, 0.2) is 0 Å². The van der Waals surface area contributed by atoms with Crippen molar-refractivity contribution in [2.75, 3.05) is 19.6 Å². The summed E-state index contributed by atoms with van der Waals surface area (Å²) >= 11 is 0. The van der Waals surface area contributed by atoms with E-state index in [9.17, 15) is 23.1 Å². The van der Waals surface area contributed by atoms with E-state index < -0.39 is 33.6 Å². The number of carbonyl (C=O) groups is 2. The van der Waals surface area contributed by atoms with E-state index in [1.165, 1.54) is 24.3 Å². The van der Waals surface area contributed by atoms with Crippen LogP contribution in [0.1, 0.15) is 32.6 Å². The lowest BCUT2D eigenvalue weighted by atomic mass is 10.0. The molecule has 0 spiro atoms. The molecule has 2 heterocycles. The van der Waals surface area contributed by atoms with Gasteiger partial charge in [-0.05, 0) is 44.9 Å². The van der Waals surface area contributed by atoms with Crippen LogP contribution in [-0.4, -0.2) is 69.1 Å². The molecule has 13 heteroatoms. The summed E-state index contributed by atoms with van der Waals surface area (Å²) in [6.45, 7) is 3.81. The van der Waals surface area contributed by atoms with Gasteiger partial charge in [0.05, 0.1) is 11.0 Å². The number of carboxylic acids is 1. The van der Waals surface area contributed by atoms with Gasteiger partial charge in [0.25, 0.3) is 0 Å². The summed E-state index contributed by atoms with van der Waals surface area (Å²) in [4.78, 5) is 29.9.